The van der Waals surface area contributed by atoms with E-state index >= 15 is 0 Å². The van der Waals surface area contributed by atoms with Gasteiger partial charge >= 0.3 is 0 Å². The number of aromatic nitrogens is 2. The van der Waals surface area contributed by atoms with Gasteiger partial charge in [-0.15, -0.1) is 0 Å². The molecule has 0 spiro atoms. The van der Waals surface area contributed by atoms with Crippen molar-refractivity contribution in [2.24, 2.45) is 12.8 Å². The predicted molar refractivity (Wildman–Crippen MR) is 58.3 cm³/mol. The molecule has 1 fully saturated rings. The fourth-order valence-electron chi connectivity index (χ4n) is 2.11. The Bertz CT molecular complexity index is 328. The van der Waals surface area contributed by atoms with Gasteiger partial charge in [-0.1, -0.05) is 0 Å². The average Bonchev–Trinajstić information content (AvgIpc) is 2.65. The first-order valence-corrected chi connectivity index (χ1v) is 5.51. The van der Waals surface area contributed by atoms with E-state index in [-0.39, 0.29) is 11.6 Å². The molecule has 1 aliphatic heterocycles. The van der Waals surface area contributed by atoms with Gasteiger partial charge in [0.1, 0.15) is 0 Å². The van der Waals surface area contributed by atoms with Gasteiger partial charge in [0.25, 0.3) is 0 Å². The second-order valence-corrected chi connectivity index (χ2v) is 4.51. The second kappa shape index (κ2) is 3.94. The number of ether oxygens (including phenoxy) is 1. The van der Waals surface area contributed by atoms with Crippen molar-refractivity contribution in [1.82, 2.24) is 9.78 Å². The molecule has 2 heterocycles. The van der Waals surface area contributed by atoms with Gasteiger partial charge in [-0.3, -0.25) is 4.68 Å². The van der Waals surface area contributed by atoms with Crippen molar-refractivity contribution in [3.8, 4) is 0 Å². The summed E-state index contributed by atoms with van der Waals surface area (Å²) in [6.45, 7) is 2.91. The third kappa shape index (κ3) is 2.06. The molecular weight excluding hydrogens is 190 g/mol. The maximum Gasteiger partial charge on any atom is 0.0862 e. The van der Waals surface area contributed by atoms with Gasteiger partial charge in [-0.25, -0.2) is 0 Å². The van der Waals surface area contributed by atoms with E-state index in [0.29, 0.717) is 0 Å². The Balaban J connectivity index is 2.15. The summed E-state index contributed by atoms with van der Waals surface area (Å²) in [5, 5.41) is 4.34. The highest BCUT2D eigenvalue weighted by molar-refractivity contribution is 5.10. The molecular formula is C11H19N3O. The van der Waals surface area contributed by atoms with E-state index < -0.39 is 0 Å². The Morgan fingerprint density at radius 3 is 2.93 bits per heavy atom. The smallest absolute Gasteiger partial charge is 0.0862 e. The van der Waals surface area contributed by atoms with Gasteiger partial charge in [0.15, 0.2) is 0 Å². The molecule has 1 aromatic heterocycles. The second-order valence-electron chi connectivity index (χ2n) is 4.51. The number of rotatable bonds is 2. The molecule has 4 heteroatoms. The highest BCUT2D eigenvalue weighted by Crippen LogP contribution is 2.34. The van der Waals surface area contributed by atoms with Gasteiger partial charge in [-0.2, -0.15) is 5.10 Å². The van der Waals surface area contributed by atoms with Crippen LogP contribution in [0, 0.1) is 0 Å². The van der Waals surface area contributed by atoms with Gasteiger partial charge < -0.3 is 10.5 Å². The van der Waals surface area contributed by atoms with E-state index in [0.717, 1.165) is 25.1 Å². The van der Waals surface area contributed by atoms with E-state index in [9.17, 15) is 0 Å². The lowest BCUT2D eigenvalue weighted by atomic mass is 9.87. The molecule has 1 aromatic rings. The van der Waals surface area contributed by atoms with Crippen LogP contribution in [-0.4, -0.2) is 22.0 Å². The molecule has 2 N–H and O–H groups in total. The van der Waals surface area contributed by atoms with E-state index in [1.807, 2.05) is 19.3 Å². The number of aryl methyl sites for hydroxylation is 1. The summed E-state index contributed by atoms with van der Waals surface area (Å²) >= 11 is 0. The molecule has 0 bridgehead atoms. The quantitative estimate of drug-likeness (QED) is 0.800. The van der Waals surface area contributed by atoms with Crippen LogP contribution in [0.5, 0.6) is 0 Å². The summed E-state index contributed by atoms with van der Waals surface area (Å²) in [5.41, 5.74) is 6.89. The van der Waals surface area contributed by atoms with Crippen LogP contribution < -0.4 is 5.73 Å². The average molecular weight is 209 g/mol. The zero-order chi connectivity index (χ0) is 10.9. The molecule has 0 radical (unpaired) electrons. The molecule has 4 nitrogen and oxygen atoms in total. The fraction of sp³-hybridized carbons (Fsp3) is 0.727. The summed E-state index contributed by atoms with van der Waals surface area (Å²) in [6, 6.07) is 1.84. The molecule has 2 unspecified atom stereocenters. The molecule has 0 aliphatic carbocycles. The molecule has 15 heavy (non-hydrogen) atoms. The Morgan fingerprint density at radius 2 is 2.40 bits per heavy atom. The van der Waals surface area contributed by atoms with E-state index in [2.05, 4.69) is 12.0 Å². The monoisotopic (exact) mass is 209 g/mol. The summed E-state index contributed by atoms with van der Waals surface area (Å²) in [4.78, 5) is 0. The van der Waals surface area contributed by atoms with Crippen molar-refractivity contribution >= 4 is 0 Å². The summed E-state index contributed by atoms with van der Waals surface area (Å²) in [5.74, 6) is 0. The van der Waals surface area contributed by atoms with Gasteiger partial charge in [0.05, 0.1) is 17.3 Å². The largest absolute Gasteiger partial charge is 0.373 e. The third-order valence-corrected chi connectivity index (χ3v) is 3.21. The number of hydrogen-bond acceptors (Lipinski definition) is 3. The molecule has 0 amide bonds. The lowest BCUT2D eigenvalue weighted by Gasteiger charge is -2.37. The maximum atomic E-state index is 6.22. The molecule has 0 aromatic carbocycles. The van der Waals surface area contributed by atoms with Crippen LogP contribution in [0.2, 0.25) is 0 Å². The standard InChI is InChI=1S/C11H19N3O/c1-11(6-3-4-8-15-11)10(12)9-5-7-14(2)13-9/h5,7,10H,3-4,6,8,12H2,1-2H3. The molecule has 84 valence electrons. The number of nitrogens with zero attached hydrogens (tertiary/aromatic N) is 2. The number of hydrogen-bond donors (Lipinski definition) is 1. The molecule has 2 atom stereocenters. The van der Waals surface area contributed by atoms with Crippen LogP contribution in [0.3, 0.4) is 0 Å². The van der Waals surface area contributed by atoms with Crippen molar-refractivity contribution in [2.75, 3.05) is 6.61 Å². The molecule has 1 aliphatic rings. The van der Waals surface area contributed by atoms with E-state index in [4.69, 9.17) is 10.5 Å². The Labute approximate surface area is 90.4 Å². The SMILES string of the molecule is Cn1ccc(C(N)C2(C)CCCCO2)n1. The molecule has 0 saturated carbocycles. The van der Waals surface area contributed by atoms with Crippen molar-refractivity contribution in [2.45, 2.75) is 37.8 Å². The summed E-state index contributed by atoms with van der Waals surface area (Å²) < 4.78 is 7.60. The van der Waals surface area contributed by atoms with E-state index in [1.165, 1.54) is 6.42 Å². The predicted octanol–water partition coefficient (Wildman–Crippen LogP) is 1.38. The van der Waals surface area contributed by atoms with Crippen LogP contribution in [0.25, 0.3) is 0 Å². The van der Waals surface area contributed by atoms with Gasteiger partial charge in [-0.05, 0) is 32.3 Å². The minimum atomic E-state index is -0.243. The first-order valence-electron chi connectivity index (χ1n) is 5.51. The first-order chi connectivity index (χ1) is 7.12. The fourth-order valence-corrected chi connectivity index (χ4v) is 2.11. The highest BCUT2D eigenvalue weighted by atomic mass is 16.5. The summed E-state index contributed by atoms with van der Waals surface area (Å²) in [6.07, 6.45) is 5.27. The normalized spacial score (nSPS) is 29.0. The van der Waals surface area contributed by atoms with Crippen LogP contribution in [0.15, 0.2) is 12.3 Å². The van der Waals surface area contributed by atoms with Crippen LogP contribution in [0.1, 0.15) is 37.9 Å². The molecule has 2 rings (SSSR count). The third-order valence-electron chi connectivity index (χ3n) is 3.21. The Hall–Kier alpha value is -0.870. The zero-order valence-electron chi connectivity index (χ0n) is 9.44. The van der Waals surface area contributed by atoms with Crippen molar-refractivity contribution in [1.29, 1.82) is 0 Å². The first kappa shape index (κ1) is 10.6. The van der Waals surface area contributed by atoms with Crippen molar-refractivity contribution in [3.05, 3.63) is 18.0 Å². The Morgan fingerprint density at radius 1 is 1.60 bits per heavy atom. The van der Waals surface area contributed by atoms with Crippen LogP contribution in [0.4, 0.5) is 0 Å². The lowest BCUT2D eigenvalue weighted by Crippen LogP contribution is -2.43. The topological polar surface area (TPSA) is 53.1 Å². The zero-order valence-corrected chi connectivity index (χ0v) is 9.44. The summed E-state index contributed by atoms with van der Waals surface area (Å²) in [7, 11) is 1.90. The van der Waals surface area contributed by atoms with Crippen LogP contribution >= 0.6 is 0 Å². The van der Waals surface area contributed by atoms with Crippen LogP contribution in [-0.2, 0) is 11.8 Å². The molecule has 1 saturated heterocycles. The van der Waals surface area contributed by atoms with Gasteiger partial charge in [0, 0.05) is 19.9 Å². The van der Waals surface area contributed by atoms with Gasteiger partial charge in [0.2, 0.25) is 0 Å². The van der Waals surface area contributed by atoms with Crippen molar-refractivity contribution < 1.29 is 4.74 Å². The van der Waals surface area contributed by atoms with Crippen molar-refractivity contribution in [3.63, 3.8) is 0 Å². The Kier molecular flexibility index (Phi) is 2.80. The lowest BCUT2D eigenvalue weighted by molar-refractivity contribution is -0.0828. The minimum Gasteiger partial charge on any atom is -0.373 e. The maximum absolute atomic E-state index is 6.22. The number of nitrogens with two attached hydrogens (primary N) is 1. The highest BCUT2D eigenvalue weighted by Gasteiger charge is 2.36. The minimum absolute atomic E-state index is 0.126. The van der Waals surface area contributed by atoms with E-state index in [1.54, 1.807) is 4.68 Å².